The molecule has 2 N–H and O–H groups in total. The summed E-state index contributed by atoms with van der Waals surface area (Å²) in [4.78, 5) is 19.8. The molecule has 2 aromatic carbocycles. The molecule has 1 fully saturated rings. The standard InChI is InChI=1S/C21H26NO6P/c23-29(24,25)28-13-12-22-10-8-21(9-11-22)16-27-20-14-18(6-7-19(20)21)26-15-17-4-2-1-3-5-17/h1-7,14H,8-13,15-16H2,(H2,23,24,25). The van der Waals surface area contributed by atoms with E-state index in [2.05, 4.69) is 15.5 Å². The van der Waals surface area contributed by atoms with Crippen LogP contribution in [0.1, 0.15) is 24.0 Å². The highest BCUT2D eigenvalue weighted by atomic mass is 31.2. The Hall–Kier alpha value is -1.89. The van der Waals surface area contributed by atoms with E-state index in [-0.39, 0.29) is 12.0 Å². The molecule has 0 unspecified atom stereocenters. The Morgan fingerprint density at radius 3 is 2.59 bits per heavy atom. The second-order valence-corrected chi connectivity index (χ2v) is 8.91. The first-order valence-electron chi connectivity index (χ1n) is 9.80. The summed E-state index contributed by atoms with van der Waals surface area (Å²) < 4.78 is 27.3. The molecular formula is C21H26NO6P. The fourth-order valence-corrected chi connectivity index (χ4v) is 4.41. The highest BCUT2D eigenvalue weighted by Crippen LogP contribution is 2.46. The van der Waals surface area contributed by atoms with Gasteiger partial charge in [0.2, 0.25) is 0 Å². The highest BCUT2D eigenvalue weighted by Gasteiger charge is 2.43. The van der Waals surface area contributed by atoms with Gasteiger partial charge < -0.3 is 24.2 Å². The fraction of sp³-hybridized carbons (Fsp3) is 0.429. The average molecular weight is 419 g/mol. The zero-order valence-electron chi connectivity index (χ0n) is 16.2. The summed E-state index contributed by atoms with van der Waals surface area (Å²) in [6.45, 7) is 3.43. The van der Waals surface area contributed by atoms with Crippen LogP contribution in [-0.4, -0.2) is 47.5 Å². The molecule has 8 heteroatoms. The van der Waals surface area contributed by atoms with Crippen molar-refractivity contribution in [1.29, 1.82) is 0 Å². The van der Waals surface area contributed by atoms with Crippen molar-refractivity contribution >= 4 is 7.82 Å². The van der Waals surface area contributed by atoms with Crippen molar-refractivity contribution in [3.05, 3.63) is 59.7 Å². The van der Waals surface area contributed by atoms with Gasteiger partial charge in [0.15, 0.2) is 0 Å². The van der Waals surface area contributed by atoms with Gasteiger partial charge in [0.1, 0.15) is 18.1 Å². The van der Waals surface area contributed by atoms with Crippen LogP contribution in [0.3, 0.4) is 0 Å². The summed E-state index contributed by atoms with van der Waals surface area (Å²) in [5.41, 5.74) is 2.37. The van der Waals surface area contributed by atoms with Crippen molar-refractivity contribution in [2.45, 2.75) is 24.9 Å². The van der Waals surface area contributed by atoms with E-state index >= 15 is 0 Å². The molecule has 1 saturated heterocycles. The van der Waals surface area contributed by atoms with Crippen LogP contribution in [0.15, 0.2) is 48.5 Å². The SMILES string of the molecule is O=P(O)(O)OCCN1CCC2(CC1)COc1cc(OCc3ccccc3)ccc12. The van der Waals surface area contributed by atoms with Crippen LogP contribution < -0.4 is 9.47 Å². The zero-order valence-corrected chi connectivity index (χ0v) is 17.1. The topological polar surface area (TPSA) is 88.5 Å². The number of rotatable bonds is 7. The van der Waals surface area contributed by atoms with Crippen molar-refractivity contribution in [3.63, 3.8) is 0 Å². The van der Waals surface area contributed by atoms with E-state index in [0.29, 0.717) is 19.8 Å². The number of ether oxygens (including phenoxy) is 2. The Labute approximate surface area is 170 Å². The average Bonchev–Trinajstić information content (AvgIpc) is 3.05. The van der Waals surface area contributed by atoms with Crippen molar-refractivity contribution in [1.82, 2.24) is 4.90 Å². The molecule has 0 atom stereocenters. The summed E-state index contributed by atoms with van der Waals surface area (Å²) in [7, 11) is -4.39. The third-order valence-electron chi connectivity index (χ3n) is 5.76. The van der Waals surface area contributed by atoms with Crippen LogP contribution >= 0.6 is 7.82 Å². The molecule has 156 valence electrons. The van der Waals surface area contributed by atoms with Crippen LogP contribution in [0, 0.1) is 0 Å². The van der Waals surface area contributed by atoms with Crippen LogP contribution in [-0.2, 0) is 21.1 Å². The first kappa shape index (κ1) is 20.4. The van der Waals surface area contributed by atoms with E-state index in [0.717, 1.165) is 43.0 Å². The summed E-state index contributed by atoms with van der Waals surface area (Å²) in [6, 6.07) is 16.2. The number of piperidine rings is 1. The Balaban J connectivity index is 1.34. The molecule has 2 aliphatic rings. The van der Waals surface area contributed by atoms with E-state index in [1.54, 1.807) is 0 Å². The zero-order chi connectivity index (χ0) is 20.3. The number of nitrogens with zero attached hydrogens (tertiary/aromatic N) is 1. The van der Waals surface area contributed by atoms with Crippen LogP contribution in [0.5, 0.6) is 11.5 Å². The number of likely N-dealkylation sites (tertiary alicyclic amines) is 1. The van der Waals surface area contributed by atoms with Crippen molar-refractivity contribution in [2.24, 2.45) is 0 Å². The van der Waals surface area contributed by atoms with Crippen LogP contribution in [0.4, 0.5) is 0 Å². The molecule has 2 aliphatic heterocycles. The lowest BCUT2D eigenvalue weighted by molar-refractivity contribution is 0.110. The first-order valence-corrected chi connectivity index (χ1v) is 11.3. The first-order chi connectivity index (χ1) is 13.9. The molecular weight excluding hydrogens is 393 g/mol. The number of fused-ring (bicyclic) bond motifs is 2. The van der Waals surface area contributed by atoms with Gasteiger partial charge in [-0.2, -0.15) is 0 Å². The molecule has 1 spiro atoms. The summed E-state index contributed by atoms with van der Waals surface area (Å²) in [5.74, 6) is 1.70. The summed E-state index contributed by atoms with van der Waals surface area (Å²) in [6.07, 6.45) is 1.89. The van der Waals surface area contributed by atoms with Gasteiger partial charge in [-0.1, -0.05) is 36.4 Å². The number of hydrogen-bond donors (Lipinski definition) is 2. The van der Waals surface area contributed by atoms with Gasteiger partial charge in [-0.15, -0.1) is 0 Å². The van der Waals surface area contributed by atoms with Crippen LogP contribution in [0.25, 0.3) is 0 Å². The molecule has 0 saturated carbocycles. The highest BCUT2D eigenvalue weighted by molar-refractivity contribution is 7.46. The molecule has 0 amide bonds. The monoisotopic (exact) mass is 419 g/mol. The molecule has 4 rings (SSSR count). The molecule has 0 radical (unpaired) electrons. The molecule has 2 aromatic rings. The molecule has 29 heavy (non-hydrogen) atoms. The lowest BCUT2D eigenvalue weighted by Crippen LogP contribution is -2.44. The van der Waals surface area contributed by atoms with Gasteiger partial charge in [0.25, 0.3) is 0 Å². The summed E-state index contributed by atoms with van der Waals surface area (Å²) >= 11 is 0. The number of benzene rings is 2. The van der Waals surface area contributed by atoms with Gasteiger partial charge in [-0.25, -0.2) is 4.57 Å². The van der Waals surface area contributed by atoms with Gasteiger partial charge in [0.05, 0.1) is 13.2 Å². The normalized spacial score (nSPS) is 18.4. The molecule has 0 aromatic heterocycles. The Bertz CT molecular complexity index is 876. The van der Waals surface area contributed by atoms with Gasteiger partial charge in [-0.3, -0.25) is 4.52 Å². The van der Waals surface area contributed by atoms with Gasteiger partial charge >= 0.3 is 7.82 Å². The third kappa shape index (κ3) is 5.00. The van der Waals surface area contributed by atoms with E-state index in [1.165, 1.54) is 5.56 Å². The van der Waals surface area contributed by atoms with E-state index in [4.69, 9.17) is 19.3 Å². The van der Waals surface area contributed by atoms with Gasteiger partial charge in [-0.05, 0) is 37.6 Å². The van der Waals surface area contributed by atoms with Crippen molar-refractivity contribution < 1.29 is 28.3 Å². The number of phosphoric ester groups is 1. The lowest BCUT2D eigenvalue weighted by Gasteiger charge is -2.38. The molecule has 0 aliphatic carbocycles. The van der Waals surface area contributed by atoms with Crippen molar-refractivity contribution in [2.75, 3.05) is 32.8 Å². The number of hydrogen-bond acceptors (Lipinski definition) is 5. The molecule has 7 nitrogen and oxygen atoms in total. The minimum absolute atomic E-state index is 0.00784. The molecule has 0 bridgehead atoms. The second-order valence-electron chi connectivity index (χ2n) is 7.67. The van der Waals surface area contributed by atoms with E-state index < -0.39 is 7.82 Å². The lowest BCUT2D eigenvalue weighted by atomic mass is 9.74. The van der Waals surface area contributed by atoms with Gasteiger partial charge in [0, 0.05) is 23.6 Å². The summed E-state index contributed by atoms with van der Waals surface area (Å²) in [5, 5.41) is 0. The number of phosphoric acid groups is 1. The van der Waals surface area contributed by atoms with Crippen molar-refractivity contribution in [3.8, 4) is 11.5 Å². The van der Waals surface area contributed by atoms with E-state index in [1.807, 2.05) is 42.5 Å². The second kappa shape index (κ2) is 8.46. The largest absolute Gasteiger partial charge is 0.492 e. The predicted octanol–water partition coefficient (Wildman–Crippen LogP) is 3.10. The maximum absolute atomic E-state index is 10.8. The van der Waals surface area contributed by atoms with E-state index in [9.17, 15) is 4.57 Å². The maximum Gasteiger partial charge on any atom is 0.469 e. The molecule has 2 heterocycles. The maximum atomic E-state index is 10.8. The Kier molecular flexibility index (Phi) is 5.95. The Morgan fingerprint density at radius 1 is 1.10 bits per heavy atom. The minimum atomic E-state index is -4.39. The quantitative estimate of drug-likeness (QED) is 0.667. The fourth-order valence-electron chi connectivity index (χ4n) is 4.09. The van der Waals surface area contributed by atoms with Crippen LogP contribution in [0.2, 0.25) is 0 Å². The smallest absolute Gasteiger partial charge is 0.469 e. The minimum Gasteiger partial charge on any atom is -0.492 e. The third-order valence-corrected chi connectivity index (χ3v) is 6.28. The Morgan fingerprint density at radius 2 is 1.86 bits per heavy atom. The predicted molar refractivity (Wildman–Crippen MR) is 108 cm³/mol.